The summed E-state index contributed by atoms with van der Waals surface area (Å²) in [6, 6.07) is 2.06. The molecule has 0 spiro atoms. The van der Waals surface area contributed by atoms with E-state index in [-0.39, 0.29) is 24.8 Å². The first kappa shape index (κ1) is 17.8. The summed E-state index contributed by atoms with van der Waals surface area (Å²) in [5, 5.41) is 19.9. The first-order chi connectivity index (χ1) is 11.2. The number of rotatable bonds is 4. The van der Waals surface area contributed by atoms with Crippen LogP contribution < -0.4 is 4.74 Å². The summed E-state index contributed by atoms with van der Waals surface area (Å²) < 4.78 is 43.2. The van der Waals surface area contributed by atoms with Gasteiger partial charge in [0.25, 0.3) is 0 Å². The van der Waals surface area contributed by atoms with Crippen LogP contribution in [0.3, 0.4) is 0 Å². The number of benzene rings is 1. The van der Waals surface area contributed by atoms with E-state index in [0.29, 0.717) is 31.5 Å². The van der Waals surface area contributed by atoms with Crippen LogP contribution in [0.5, 0.6) is 5.75 Å². The first-order valence-electron chi connectivity index (χ1n) is 7.15. The second-order valence-corrected chi connectivity index (χ2v) is 5.49. The van der Waals surface area contributed by atoms with Gasteiger partial charge in [-0.15, -0.1) is 0 Å². The number of carboxylic acid groups (broad SMARTS) is 1. The van der Waals surface area contributed by atoms with Crippen molar-refractivity contribution in [2.45, 2.75) is 19.0 Å². The van der Waals surface area contributed by atoms with E-state index in [2.05, 4.69) is 0 Å². The molecule has 1 N–H and O–H groups in total. The van der Waals surface area contributed by atoms with Gasteiger partial charge in [0.15, 0.2) is 5.75 Å². The Bertz CT molecular complexity index is 635. The Morgan fingerprint density at radius 3 is 2.75 bits per heavy atom. The molecule has 2 rings (SSSR count). The molecular weight excluding hydrogens is 333 g/mol. The topological polar surface area (TPSA) is 92.9 Å². The minimum absolute atomic E-state index is 0.00398. The lowest BCUT2D eigenvalue weighted by molar-refractivity contribution is -0.386. The van der Waals surface area contributed by atoms with Gasteiger partial charge in [0.2, 0.25) is 0 Å². The molecule has 10 heteroatoms. The number of nitro groups is 1. The molecule has 1 amide bonds. The minimum atomic E-state index is -4.69. The van der Waals surface area contributed by atoms with E-state index in [4.69, 9.17) is 9.84 Å². The number of likely N-dealkylation sites (tertiary alicyclic amines) is 1. The van der Waals surface area contributed by atoms with Crippen molar-refractivity contribution >= 4 is 11.8 Å². The molecule has 0 aromatic heterocycles. The molecule has 1 heterocycles. The number of halogens is 3. The Labute approximate surface area is 134 Å². The third kappa shape index (κ3) is 4.27. The van der Waals surface area contributed by atoms with Crippen molar-refractivity contribution in [2.24, 2.45) is 5.92 Å². The second kappa shape index (κ2) is 6.93. The molecule has 0 bridgehead atoms. The van der Waals surface area contributed by atoms with Crippen LogP contribution in [0.15, 0.2) is 18.2 Å². The fourth-order valence-electron chi connectivity index (χ4n) is 2.54. The van der Waals surface area contributed by atoms with Crippen LogP contribution in [-0.2, 0) is 6.18 Å². The molecule has 0 saturated carbocycles. The van der Waals surface area contributed by atoms with Gasteiger partial charge in [-0.05, 0) is 25.0 Å². The van der Waals surface area contributed by atoms with E-state index in [1.165, 1.54) is 4.90 Å². The summed E-state index contributed by atoms with van der Waals surface area (Å²) >= 11 is 0. The van der Waals surface area contributed by atoms with E-state index < -0.39 is 28.4 Å². The molecular formula is C14H15F3N2O5. The van der Waals surface area contributed by atoms with Gasteiger partial charge in [0.1, 0.15) is 0 Å². The third-order valence-corrected chi connectivity index (χ3v) is 3.75. The predicted molar refractivity (Wildman–Crippen MR) is 75.9 cm³/mol. The molecule has 1 unspecified atom stereocenters. The zero-order valence-corrected chi connectivity index (χ0v) is 12.5. The normalized spacial score (nSPS) is 18.3. The van der Waals surface area contributed by atoms with Gasteiger partial charge in [0, 0.05) is 25.1 Å². The molecule has 24 heavy (non-hydrogen) atoms. The van der Waals surface area contributed by atoms with Crippen LogP contribution in [0, 0.1) is 16.0 Å². The van der Waals surface area contributed by atoms with Crippen molar-refractivity contribution in [2.75, 3.05) is 19.7 Å². The molecule has 0 radical (unpaired) electrons. The van der Waals surface area contributed by atoms with Crippen molar-refractivity contribution in [3.63, 3.8) is 0 Å². The highest BCUT2D eigenvalue weighted by atomic mass is 19.4. The summed E-state index contributed by atoms with van der Waals surface area (Å²) in [5.41, 5.74) is -1.90. The maximum Gasteiger partial charge on any atom is 0.416 e. The minimum Gasteiger partial charge on any atom is -0.486 e. The van der Waals surface area contributed by atoms with Gasteiger partial charge in [-0.25, -0.2) is 4.79 Å². The standard InChI is InChI=1S/C14H15F3N2O5/c15-14(16,17)10-3-4-12(11(6-10)19(22)23)24-8-9-2-1-5-18(7-9)13(20)21/h3-4,6,9H,1-2,5,7-8H2,(H,20,21). The molecule has 1 aromatic rings. The predicted octanol–water partition coefficient (Wildman–Crippen LogP) is 3.38. The Morgan fingerprint density at radius 1 is 1.46 bits per heavy atom. The Morgan fingerprint density at radius 2 is 2.17 bits per heavy atom. The quantitative estimate of drug-likeness (QED) is 0.665. The molecule has 132 valence electrons. The van der Waals surface area contributed by atoms with Crippen molar-refractivity contribution in [3.8, 4) is 5.75 Å². The first-order valence-corrected chi connectivity index (χ1v) is 7.15. The number of nitrogens with zero attached hydrogens (tertiary/aromatic N) is 2. The highest BCUT2D eigenvalue weighted by Crippen LogP contribution is 2.36. The molecule has 1 aliphatic rings. The number of hydrogen-bond donors (Lipinski definition) is 1. The van der Waals surface area contributed by atoms with Crippen LogP contribution in [0.25, 0.3) is 0 Å². The van der Waals surface area contributed by atoms with Crippen molar-refractivity contribution in [1.29, 1.82) is 0 Å². The Kier molecular flexibility index (Phi) is 5.15. The van der Waals surface area contributed by atoms with Crippen LogP contribution in [0.1, 0.15) is 18.4 Å². The number of amides is 1. The van der Waals surface area contributed by atoms with E-state index in [9.17, 15) is 28.1 Å². The summed E-state index contributed by atoms with van der Waals surface area (Å²) in [7, 11) is 0. The van der Waals surface area contributed by atoms with E-state index in [0.717, 1.165) is 6.07 Å². The summed E-state index contributed by atoms with van der Waals surface area (Å²) in [6.07, 6.45) is -4.43. The molecule has 1 fully saturated rings. The lowest BCUT2D eigenvalue weighted by Crippen LogP contribution is -2.40. The SMILES string of the molecule is O=C(O)N1CCCC(COc2ccc(C(F)(F)F)cc2[N+](=O)[O-])C1. The van der Waals surface area contributed by atoms with E-state index >= 15 is 0 Å². The zero-order chi connectivity index (χ0) is 17.9. The third-order valence-electron chi connectivity index (χ3n) is 3.75. The molecule has 7 nitrogen and oxygen atoms in total. The fraction of sp³-hybridized carbons (Fsp3) is 0.500. The Balaban J connectivity index is 2.09. The van der Waals surface area contributed by atoms with Crippen molar-refractivity contribution in [3.05, 3.63) is 33.9 Å². The second-order valence-electron chi connectivity index (χ2n) is 5.49. The van der Waals surface area contributed by atoms with Gasteiger partial charge in [-0.2, -0.15) is 13.2 Å². The van der Waals surface area contributed by atoms with Crippen LogP contribution >= 0.6 is 0 Å². The van der Waals surface area contributed by atoms with Crippen LogP contribution in [-0.4, -0.2) is 40.7 Å². The number of nitro benzene ring substituents is 1. The Hall–Kier alpha value is -2.52. The lowest BCUT2D eigenvalue weighted by Gasteiger charge is -2.30. The number of ether oxygens (including phenoxy) is 1. The highest BCUT2D eigenvalue weighted by molar-refractivity contribution is 5.65. The van der Waals surface area contributed by atoms with Crippen LogP contribution in [0.2, 0.25) is 0 Å². The van der Waals surface area contributed by atoms with E-state index in [1.807, 2.05) is 0 Å². The van der Waals surface area contributed by atoms with E-state index in [1.54, 1.807) is 0 Å². The van der Waals surface area contributed by atoms with Gasteiger partial charge in [-0.3, -0.25) is 10.1 Å². The monoisotopic (exact) mass is 348 g/mol. The number of carbonyl (C=O) groups is 1. The molecule has 1 saturated heterocycles. The maximum absolute atomic E-state index is 12.6. The fourth-order valence-corrected chi connectivity index (χ4v) is 2.54. The summed E-state index contributed by atoms with van der Waals surface area (Å²) in [5.74, 6) is -0.433. The average Bonchev–Trinajstić information content (AvgIpc) is 2.52. The molecule has 1 aliphatic heterocycles. The van der Waals surface area contributed by atoms with Crippen LogP contribution in [0.4, 0.5) is 23.7 Å². The van der Waals surface area contributed by atoms with Gasteiger partial charge >= 0.3 is 18.0 Å². The largest absolute Gasteiger partial charge is 0.486 e. The smallest absolute Gasteiger partial charge is 0.416 e. The van der Waals surface area contributed by atoms with Gasteiger partial charge in [-0.1, -0.05) is 0 Å². The number of alkyl halides is 3. The highest BCUT2D eigenvalue weighted by Gasteiger charge is 2.33. The van der Waals surface area contributed by atoms with Gasteiger partial charge < -0.3 is 14.7 Å². The lowest BCUT2D eigenvalue weighted by atomic mass is 9.99. The maximum atomic E-state index is 12.6. The molecule has 0 aliphatic carbocycles. The summed E-state index contributed by atoms with van der Waals surface area (Å²) in [6.45, 7) is 0.631. The molecule has 1 aromatic carbocycles. The summed E-state index contributed by atoms with van der Waals surface area (Å²) in [4.78, 5) is 22.2. The van der Waals surface area contributed by atoms with Crippen molar-refractivity contribution in [1.82, 2.24) is 4.90 Å². The molecule has 1 atom stereocenters. The zero-order valence-electron chi connectivity index (χ0n) is 12.5. The number of hydrogen-bond acceptors (Lipinski definition) is 4. The average molecular weight is 348 g/mol. The van der Waals surface area contributed by atoms with Crippen molar-refractivity contribution < 1.29 is 32.7 Å². The number of piperidine rings is 1. The van der Waals surface area contributed by atoms with Gasteiger partial charge in [0.05, 0.1) is 17.1 Å².